The molecule has 2 rings (SSSR count). The molecule has 1 fully saturated rings. The van der Waals surface area contributed by atoms with Crippen molar-refractivity contribution in [3.05, 3.63) is 29.5 Å². The van der Waals surface area contributed by atoms with Crippen molar-refractivity contribution >= 4 is 32.2 Å². The first-order valence-corrected chi connectivity index (χ1v) is 9.64. The average Bonchev–Trinajstić information content (AvgIpc) is 2.77. The molecular formula is C19H26N2O3Se. The minimum atomic E-state index is -0.0720. The number of amides is 1. The van der Waals surface area contributed by atoms with Gasteiger partial charge in [0.1, 0.15) is 0 Å². The molecule has 0 unspecified atom stereocenters. The first kappa shape index (κ1) is 19.5. The van der Waals surface area contributed by atoms with Gasteiger partial charge in [0.15, 0.2) is 0 Å². The second-order valence-electron chi connectivity index (χ2n) is 6.34. The molecule has 0 saturated carbocycles. The SMILES string of the molecule is CCCCCCCCN1C(=O)/C(=C\c2ccc(O)cc2O)N(C)C1=[Se]. The molecule has 6 heteroatoms. The van der Waals surface area contributed by atoms with Crippen LogP contribution in [0, 0.1) is 0 Å². The summed E-state index contributed by atoms with van der Waals surface area (Å²) in [7, 11) is 1.83. The number of phenolic OH excluding ortho intramolecular Hbond substituents is 2. The Hall–Kier alpha value is -1.78. The third-order valence-electron chi connectivity index (χ3n) is 4.38. The predicted octanol–water partition coefficient (Wildman–Crippen LogP) is 2.83. The Kier molecular flexibility index (Phi) is 7.09. The van der Waals surface area contributed by atoms with Gasteiger partial charge in [-0.15, -0.1) is 0 Å². The van der Waals surface area contributed by atoms with Gasteiger partial charge in [-0.3, -0.25) is 0 Å². The molecule has 0 aliphatic carbocycles. The summed E-state index contributed by atoms with van der Waals surface area (Å²) >= 11 is 2.97. The van der Waals surface area contributed by atoms with Gasteiger partial charge in [-0.05, 0) is 0 Å². The fourth-order valence-corrected chi connectivity index (χ4v) is 3.43. The standard InChI is InChI=1S/C19H26N2O3Se/c1-3-4-5-6-7-8-11-21-18(24)16(20(2)19(21)25)12-14-9-10-15(22)13-17(14)23/h9-10,12-13,22-23H,3-8,11H2,1-2H3/b16-12+. The Labute approximate surface area is 157 Å². The Balaban J connectivity index is 2.03. The second-order valence-corrected chi connectivity index (χ2v) is 7.10. The van der Waals surface area contributed by atoms with Gasteiger partial charge in [0.25, 0.3) is 0 Å². The van der Waals surface area contributed by atoms with Gasteiger partial charge in [0, 0.05) is 0 Å². The van der Waals surface area contributed by atoms with Crippen LogP contribution in [-0.4, -0.2) is 59.8 Å². The molecule has 1 heterocycles. The van der Waals surface area contributed by atoms with E-state index in [-0.39, 0.29) is 17.4 Å². The number of carbonyl (C=O) groups is 1. The maximum atomic E-state index is 12.7. The van der Waals surface area contributed by atoms with Crippen molar-refractivity contribution in [2.45, 2.75) is 45.4 Å². The molecule has 1 aliphatic rings. The van der Waals surface area contributed by atoms with Crippen LogP contribution in [0.2, 0.25) is 0 Å². The van der Waals surface area contributed by atoms with Crippen LogP contribution in [0.15, 0.2) is 23.9 Å². The van der Waals surface area contributed by atoms with Crippen molar-refractivity contribution < 1.29 is 15.0 Å². The van der Waals surface area contributed by atoms with Crippen LogP contribution in [0.5, 0.6) is 11.5 Å². The molecule has 1 saturated heterocycles. The third-order valence-corrected chi connectivity index (χ3v) is 5.42. The zero-order chi connectivity index (χ0) is 18.4. The van der Waals surface area contributed by atoms with Crippen LogP contribution >= 0.6 is 0 Å². The van der Waals surface area contributed by atoms with E-state index in [9.17, 15) is 15.0 Å². The van der Waals surface area contributed by atoms with Crippen LogP contribution in [-0.2, 0) is 4.79 Å². The zero-order valence-corrected chi connectivity index (χ0v) is 16.6. The summed E-state index contributed by atoms with van der Waals surface area (Å²) in [6.45, 7) is 2.89. The van der Waals surface area contributed by atoms with Gasteiger partial charge in [0.05, 0.1) is 0 Å². The summed E-state index contributed by atoms with van der Waals surface area (Å²) in [5, 5.41) is 19.3. The topological polar surface area (TPSA) is 64.0 Å². The van der Waals surface area contributed by atoms with Gasteiger partial charge < -0.3 is 0 Å². The van der Waals surface area contributed by atoms with E-state index in [2.05, 4.69) is 22.5 Å². The number of benzene rings is 1. The number of unbranched alkanes of at least 4 members (excludes halogenated alkanes) is 5. The minimum absolute atomic E-state index is 0.00784. The summed E-state index contributed by atoms with van der Waals surface area (Å²) in [6.07, 6.45) is 8.71. The number of nitrogens with zero attached hydrogens (tertiary/aromatic N) is 2. The number of rotatable bonds is 8. The van der Waals surface area contributed by atoms with Crippen molar-refractivity contribution in [3.63, 3.8) is 0 Å². The van der Waals surface area contributed by atoms with E-state index in [0.717, 1.165) is 17.5 Å². The summed E-state index contributed by atoms with van der Waals surface area (Å²) in [5.41, 5.74) is 1.00. The van der Waals surface area contributed by atoms with Crippen molar-refractivity contribution in [1.29, 1.82) is 0 Å². The Morgan fingerprint density at radius 3 is 2.48 bits per heavy atom. The summed E-state index contributed by atoms with van der Waals surface area (Å²) in [6, 6.07) is 4.35. The van der Waals surface area contributed by atoms with Crippen molar-refractivity contribution in [1.82, 2.24) is 9.80 Å². The van der Waals surface area contributed by atoms with Crippen LogP contribution in [0.1, 0.15) is 51.0 Å². The second kappa shape index (κ2) is 9.07. The van der Waals surface area contributed by atoms with Gasteiger partial charge in [0.2, 0.25) is 0 Å². The predicted molar refractivity (Wildman–Crippen MR) is 101 cm³/mol. The van der Waals surface area contributed by atoms with Crippen LogP contribution in [0.3, 0.4) is 0 Å². The molecule has 0 aromatic heterocycles. The molecule has 5 nitrogen and oxygen atoms in total. The summed E-state index contributed by atoms with van der Waals surface area (Å²) < 4.78 is 0.781. The van der Waals surface area contributed by atoms with Gasteiger partial charge in [-0.2, -0.15) is 0 Å². The zero-order valence-electron chi connectivity index (χ0n) is 14.9. The van der Waals surface area contributed by atoms with E-state index < -0.39 is 0 Å². The molecule has 0 spiro atoms. The number of likely N-dealkylation sites (N-methyl/N-ethyl adjacent to an activating group) is 1. The third kappa shape index (κ3) is 4.86. The number of aromatic hydroxyl groups is 2. The van der Waals surface area contributed by atoms with Gasteiger partial charge in [-0.1, -0.05) is 0 Å². The molecular weight excluding hydrogens is 383 g/mol. The molecule has 136 valence electrons. The monoisotopic (exact) mass is 410 g/mol. The molecule has 1 amide bonds. The summed E-state index contributed by atoms with van der Waals surface area (Å²) in [5.74, 6) is -0.131. The van der Waals surface area contributed by atoms with Crippen molar-refractivity contribution in [2.24, 2.45) is 0 Å². The van der Waals surface area contributed by atoms with E-state index >= 15 is 0 Å². The number of phenols is 2. The number of carbonyl (C=O) groups excluding carboxylic acids is 1. The van der Waals surface area contributed by atoms with Crippen LogP contribution in [0.4, 0.5) is 0 Å². The van der Waals surface area contributed by atoms with E-state index in [1.54, 1.807) is 21.9 Å². The maximum absolute atomic E-state index is 12.7. The number of hydrogen-bond acceptors (Lipinski definition) is 4. The van der Waals surface area contributed by atoms with E-state index in [1.807, 2.05) is 7.05 Å². The van der Waals surface area contributed by atoms with E-state index in [1.165, 1.54) is 37.8 Å². The normalized spacial score (nSPS) is 16.3. The fraction of sp³-hybridized carbons (Fsp3) is 0.474. The van der Waals surface area contributed by atoms with E-state index in [0.29, 0.717) is 17.8 Å². The van der Waals surface area contributed by atoms with Crippen molar-refractivity contribution in [2.75, 3.05) is 13.6 Å². The Morgan fingerprint density at radius 2 is 1.80 bits per heavy atom. The van der Waals surface area contributed by atoms with Crippen molar-refractivity contribution in [3.8, 4) is 11.5 Å². The Morgan fingerprint density at radius 1 is 1.12 bits per heavy atom. The van der Waals surface area contributed by atoms with Gasteiger partial charge >= 0.3 is 157 Å². The molecule has 0 bridgehead atoms. The molecule has 0 atom stereocenters. The first-order chi connectivity index (χ1) is 12.0. The molecule has 2 N–H and O–H groups in total. The van der Waals surface area contributed by atoms with Crippen LogP contribution < -0.4 is 0 Å². The molecule has 1 aliphatic heterocycles. The summed E-state index contributed by atoms with van der Waals surface area (Å²) in [4.78, 5) is 16.3. The van der Waals surface area contributed by atoms with E-state index in [4.69, 9.17) is 0 Å². The fourth-order valence-electron chi connectivity index (χ4n) is 2.86. The molecule has 1 aromatic carbocycles. The van der Waals surface area contributed by atoms with Gasteiger partial charge in [-0.25, -0.2) is 0 Å². The molecule has 25 heavy (non-hydrogen) atoms. The van der Waals surface area contributed by atoms with Crippen LogP contribution in [0.25, 0.3) is 6.08 Å². The quantitative estimate of drug-likeness (QED) is 0.394. The molecule has 1 aromatic rings. The average molecular weight is 409 g/mol. The Bertz CT molecular complexity index is 673. The number of hydrogen-bond donors (Lipinski definition) is 2. The molecule has 0 radical (unpaired) electrons. The first-order valence-electron chi connectivity index (χ1n) is 8.79.